The van der Waals surface area contributed by atoms with Crippen LogP contribution in [0, 0.1) is 6.92 Å². The molecule has 0 spiro atoms. The van der Waals surface area contributed by atoms with Gasteiger partial charge in [0.2, 0.25) is 0 Å². The van der Waals surface area contributed by atoms with Gasteiger partial charge in [0, 0.05) is 17.1 Å². The van der Waals surface area contributed by atoms with Gasteiger partial charge >= 0.3 is 0 Å². The lowest BCUT2D eigenvalue weighted by atomic mass is 10.1. The molecule has 0 unspecified atom stereocenters. The standard InChI is InChI=1S/C13H14N2/c1-10-12(14)8-5-9-13(10)15-11-6-3-2-4-7-11/h2-9,15H,14H2,1H3. The Morgan fingerprint density at radius 3 is 2.40 bits per heavy atom. The number of para-hydroxylation sites is 1. The van der Waals surface area contributed by atoms with Crippen LogP contribution in [0.5, 0.6) is 0 Å². The first-order valence-corrected chi connectivity index (χ1v) is 4.94. The fourth-order valence-corrected chi connectivity index (χ4v) is 1.47. The first-order valence-electron chi connectivity index (χ1n) is 4.94. The summed E-state index contributed by atoms with van der Waals surface area (Å²) in [5.41, 5.74) is 9.87. The van der Waals surface area contributed by atoms with Crippen LogP contribution in [-0.2, 0) is 0 Å². The summed E-state index contributed by atoms with van der Waals surface area (Å²) in [7, 11) is 0. The van der Waals surface area contributed by atoms with Gasteiger partial charge in [0.25, 0.3) is 0 Å². The Kier molecular flexibility index (Phi) is 2.59. The molecule has 0 saturated carbocycles. The highest BCUT2D eigenvalue weighted by Gasteiger charge is 2.00. The minimum atomic E-state index is 0.816. The highest BCUT2D eigenvalue weighted by molar-refractivity contribution is 5.68. The van der Waals surface area contributed by atoms with E-state index in [1.165, 1.54) is 0 Å². The third-order valence-corrected chi connectivity index (χ3v) is 2.43. The Hall–Kier alpha value is -1.96. The van der Waals surface area contributed by atoms with Crippen LogP contribution >= 0.6 is 0 Å². The fraction of sp³-hybridized carbons (Fsp3) is 0.0769. The average molecular weight is 198 g/mol. The zero-order valence-electron chi connectivity index (χ0n) is 8.70. The van der Waals surface area contributed by atoms with E-state index in [9.17, 15) is 0 Å². The Labute approximate surface area is 89.7 Å². The van der Waals surface area contributed by atoms with Crippen molar-refractivity contribution in [2.45, 2.75) is 6.92 Å². The minimum Gasteiger partial charge on any atom is -0.398 e. The number of rotatable bonds is 2. The molecule has 0 aliphatic heterocycles. The summed E-state index contributed by atoms with van der Waals surface area (Å²) in [6.45, 7) is 2.01. The molecule has 0 atom stereocenters. The molecule has 0 aliphatic rings. The summed E-state index contributed by atoms with van der Waals surface area (Å²) in [6, 6.07) is 16.0. The van der Waals surface area contributed by atoms with Crippen molar-refractivity contribution in [2.75, 3.05) is 11.1 Å². The van der Waals surface area contributed by atoms with E-state index in [1.54, 1.807) is 0 Å². The molecule has 0 saturated heterocycles. The summed E-state index contributed by atoms with van der Waals surface area (Å²) in [6.07, 6.45) is 0. The monoisotopic (exact) mass is 198 g/mol. The summed E-state index contributed by atoms with van der Waals surface area (Å²) in [4.78, 5) is 0. The molecule has 2 nitrogen and oxygen atoms in total. The van der Waals surface area contributed by atoms with Gasteiger partial charge in [0.05, 0.1) is 0 Å². The highest BCUT2D eigenvalue weighted by atomic mass is 14.9. The quantitative estimate of drug-likeness (QED) is 0.726. The zero-order valence-corrected chi connectivity index (χ0v) is 8.70. The number of anilines is 3. The average Bonchev–Trinajstić information content (AvgIpc) is 2.26. The molecule has 0 heterocycles. The second kappa shape index (κ2) is 4.05. The maximum Gasteiger partial charge on any atom is 0.0434 e. The molecule has 0 amide bonds. The Bertz CT molecular complexity index is 449. The molecule has 0 aromatic heterocycles. The van der Waals surface area contributed by atoms with Crippen LogP contribution in [0.25, 0.3) is 0 Å². The normalized spacial score (nSPS) is 9.93. The van der Waals surface area contributed by atoms with E-state index >= 15 is 0 Å². The van der Waals surface area contributed by atoms with Gasteiger partial charge in [0.1, 0.15) is 0 Å². The Morgan fingerprint density at radius 1 is 0.933 bits per heavy atom. The molecular formula is C13H14N2. The third kappa shape index (κ3) is 2.10. The first kappa shape index (κ1) is 9.59. The van der Waals surface area contributed by atoms with Crippen molar-refractivity contribution in [3.05, 3.63) is 54.1 Å². The molecule has 0 aliphatic carbocycles. The van der Waals surface area contributed by atoms with Crippen LogP contribution in [0.3, 0.4) is 0 Å². The molecule has 2 rings (SSSR count). The van der Waals surface area contributed by atoms with Crippen molar-refractivity contribution in [1.29, 1.82) is 0 Å². The second-order valence-corrected chi connectivity index (χ2v) is 3.51. The topological polar surface area (TPSA) is 38.0 Å². The van der Waals surface area contributed by atoms with Gasteiger partial charge in [-0.3, -0.25) is 0 Å². The van der Waals surface area contributed by atoms with Crippen LogP contribution in [0.1, 0.15) is 5.56 Å². The summed E-state index contributed by atoms with van der Waals surface area (Å²) < 4.78 is 0. The lowest BCUT2D eigenvalue weighted by Gasteiger charge is -2.10. The molecule has 0 fully saturated rings. The van der Waals surface area contributed by atoms with Crippen LogP contribution < -0.4 is 11.1 Å². The molecule has 2 aromatic carbocycles. The number of hydrogen-bond donors (Lipinski definition) is 2. The number of nitrogens with two attached hydrogens (primary N) is 1. The molecule has 15 heavy (non-hydrogen) atoms. The maximum atomic E-state index is 5.83. The Morgan fingerprint density at radius 2 is 1.67 bits per heavy atom. The van der Waals surface area contributed by atoms with Gasteiger partial charge in [-0.15, -0.1) is 0 Å². The molecule has 76 valence electrons. The van der Waals surface area contributed by atoms with Crippen molar-refractivity contribution in [2.24, 2.45) is 0 Å². The van der Waals surface area contributed by atoms with Gasteiger partial charge in [0.15, 0.2) is 0 Å². The zero-order chi connectivity index (χ0) is 10.7. The molecule has 0 radical (unpaired) electrons. The van der Waals surface area contributed by atoms with Crippen molar-refractivity contribution >= 4 is 17.1 Å². The maximum absolute atomic E-state index is 5.83. The number of nitrogen functional groups attached to an aromatic ring is 1. The lowest BCUT2D eigenvalue weighted by Crippen LogP contribution is -1.96. The van der Waals surface area contributed by atoms with E-state index in [-0.39, 0.29) is 0 Å². The van der Waals surface area contributed by atoms with Gasteiger partial charge < -0.3 is 11.1 Å². The van der Waals surface area contributed by atoms with Crippen LogP contribution in [-0.4, -0.2) is 0 Å². The molecule has 0 bridgehead atoms. The Balaban J connectivity index is 2.29. The number of nitrogens with one attached hydrogen (secondary N) is 1. The number of hydrogen-bond acceptors (Lipinski definition) is 2. The van der Waals surface area contributed by atoms with Crippen LogP contribution in [0.15, 0.2) is 48.5 Å². The van der Waals surface area contributed by atoms with E-state index in [2.05, 4.69) is 5.32 Å². The predicted molar refractivity (Wildman–Crippen MR) is 65.3 cm³/mol. The number of benzene rings is 2. The van der Waals surface area contributed by atoms with Gasteiger partial charge in [-0.25, -0.2) is 0 Å². The van der Waals surface area contributed by atoms with Crippen molar-refractivity contribution in [3.8, 4) is 0 Å². The van der Waals surface area contributed by atoms with Gasteiger partial charge in [-0.1, -0.05) is 24.3 Å². The summed E-state index contributed by atoms with van der Waals surface area (Å²) in [5.74, 6) is 0. The van der Waals surface area contributed by atoms with E-state index in [1.807, 2.05) is 55.5 Å². The van der Waals surface area contributed by atoms with Gasteiger partial charge in [-0.2, -0.15) is 0 Å². The van der Waals surface area contributed by atoms with Crippen LogP contribution in [0.4, 0.5) is 17.1 Å². The lowest BCUT2D eigenvalue weighted by molar-refractivity contribution is 1.43. The molecular weight excluding hydrogens is 184 g/mol. The van der Waals surface area contributed by atoms with E-state index < -0.39 is 0 Å². The predicted octanol–water partition coefficient (Wildman–Crippen LogP) is 3.32. The van der Waals surface area contributed by atoms with Gasteiger partial charge in [-0.05, 0) is 36.8 Å². The van der Waals surface area contributed by atoms with Crippen LogP contribution in [0.2, 0.25) is 0 Å². The van der Waals surface area contributed by atoms with Crippen molar-refractivity contribution < 1.29 is 0 Å². The van der Waals surface area contributed by atoms with Crippen molar-refractivity contribution in [1.82, 2.24) is 0 Å². The smallest absolute Gasteiger partial charge is 0.0434 e. The van der Waals surface area contributed by atoms with E-state index in [4.69, 9.17) is 5.73 Å². The molecule has 2 heteroatoms. The first-order chi connectivity index (χ1) is 7.27. The summed E-state index contributed by atoms with van der Waals surface area (Å²) in [5, 5.41) is 3.33. The van der Waals surface area contributed by atoms with E-state index in [0.717, 1.165) is 22.6 Å². The molecule has 3 N–H and O–H groups in total. The van der Waals surface area contributed by atoms with Crippen molar-refractivity contribution in [3.63, 3.8) is 0 Å². The second-order valence-electron chi connectivity index (χ2n) is 3.51. The molecule has 2 aromatic rings. The SMILES string of the molecule is Cc1c(N)cccc1Nc1ccccc1. The fourth-order valence-electron chi connectivity index (χ4n) is 1.47. The summed E-state index contributed by atoms with van der Waals surface area (Å²) >= 11 is 0. The third-order valence-electron chi connectivity index (χ3n) is 2.43. The highest BCUT2D eigenvalue weighted by Crippen LogP contribution is 2.23. The van der Waals surface area contributed by atoms with E-state index in [0.29, 0.717) is 0 Å². The minimum absolute atomic E-state index is 0.816. The largest absolute Gasteiger partial charge is 0.398 e.